The van der Waals surface area contributed by atoms with Gasteiger partial charge in [-0.3, -0.25) is 5.41 Å². The van der Waals surface area contributed by atoms with Crippen molar-refractivity contribution in [1.29, 1.82) is 5.41 Å². The zero-order valence-electron chi connectivity index (χ0n) is 21.5. The minimum absolute atomic E-state index is 0.0369. The molecule has 0 aliphatic carbocycles. The third kappa shape index (κ3) is 5.91. The summed E-state index contributed by atoms with van der Waals surface area (Å²) >= 11 is 0. The normalized spacial score (nSPS) is 11.0. The second kappa shape index (κ2) is 11.2. The van der Waals surface area contributed by atoms with E-state index in [1.807, 2.05) is 79.8 Å². The van der Waals surface area contributed by atoms with Crippen LogP contribution in [-0.2, 0) is 6.54 Å². The maximum Gasteiger partial charge on any atom is 0.188 e. The Morgan fingerprint density at radius 2 is 1.81 bits per heavy atom. The van der Waals surface area contributed by atoms with Crippen molar-refractivity contribution in [2.24, 2.45) is 5.73 Å². The summed E-state index contributed by atoms with van der Waals surface area (Å²) in [6.07, 6.45) is 3.40. The largest absolute Gasteiger partial charge is 0.494 e. The molecule has 192 valence electrons. The van der Waals surface area contributed by atoms with Crippen LogP contribution in [0.3, 0.4) is 0 Å². The summed E-state index contributed by atoms with van der Waals surface area (Å²) in [7, 11) is 0. The van der Waals surface area contributed by atoms with Gasteiger partial charge in [0.05, 0.1) is 24.9 Å². The first kappa shape index (κ1) is 25.8. The van der Waals surface area contributed by atoms with Gasteiger partial charge >= 0.3 is 0 Å². The van der Waals surface area contributed by atoms with Gasteiger partial charge in [0.15, 0.2) is 11.6 Å². The van der Waals surface area contributed by atoms with Crippen molar-refractivity contribution in [3.63, 3.8) is 0 Å². The van der Waals surface area contributed by atoms with Gasteiger partial charge in [0.25, 0.3) is 0 Å². The van der Waals surface area contributed by atoms with Gasteiger partial charge < -0.3 is 24.7 Å². The molecule has 37 heavy (non-hydrogen) atoms. The average Bonchev–Trinajstić information content (AvgIpc) is 3.33. The number of ether oxygens (including phenoxy) is 2. The first-order chi connectivity index (χ1) is 17.8. The van der Waals surface area contributed by atoms with Crippen molar-refractivity contribution in [1.82, 2.24) is 9.55 Å². The molecule has 0 bridgehead atoms. The summed E-state index contributed by atoms with van der Waals surface area (Å²) in [5.74, 6) is 0.795. The number of benzene rings is 3. The quantitative estimate of drug-likeness (QED) is 0.202. The first-order valence-electron chi connectivity index (χ1n) is 12.2. The van der Waals surface area contributed by atoms with Crippen molar-refractivity contribution in [3.05, 3.63) is 95.8 Å². The van der Waals surface area contributed by atoms with Crippen molar-refractivity contribution in [2.45, 2.75) is 40.3 Å². The second-order valence-corrected chi connectivity index (χ2v) is 8.95. The topological polar surface area (TPSA) is 89.4 Å². The summed E-state index contributed by atoms with van der Waals surface area (Å²) in [6.45, 7) is 8.30. The Hall–Kier alpha value is -4.33. The number of halogens is 1. The number of nitrogen functional groups attached to an aromatic ring is 1. The second-order valence-electron chi connectivity index (χ2n) is 8.95. The molecular weight excluding hydrogens is 469 g/mol. The molecule has 8 heteroatoms. The summed E-state index contributed by atoms with van der Waals surface area (Å²) in [4.78, 5) is 6.41. The van der Waals surface area contributed by atoms with E-state index in [4.69, 9.17) is 20.6 Å². The lowest BCUT2D eigenvalue weighted by molar-refractivity contribution is 0.229. The number of aryl methyl sites for hydroxylation is 1. The van der Waals surface area contributed by atoms with E-state index in [2.05, 4.69) is 4.98 Å². The minimum atomic E-state index is -0.499. The molecule has 0 saturated heterocycles. The number of hydrogen-bond donors (Lipinski definition) is 2. The Bertz CT molecular complexity index is 1360. The summed E-state index contributed by atoms with van der Waals surface area (Å²) < 4.78 is 29.5. The van der Waals surface area contributed by atoms with Gasteiger partial charge in [0.1, 0.15) is 17.4 Å². The fourth-order valence-electron chi connectivity index (χ4n) is 4.01. The molecular formula is C29H32FN5O2. The highest BCUT2D eigenvalue weighted by Gasteiger charge is 2.23. The standard InChI is InChI=1S/C29H32FN5O2/c1-5-36-24-16-25(28(30)26(17-24)37-19(2)3)35(23-12-8-21(9-13-23)29(31)32)18-27-33-14-15-34(27)22-10-6-20(4)7-11-22/h6-17,19H,5,18H2,1-4H3,(H3,31,32). The van der Waals surface area contributed by atoms with E-state index in [0.29, 0.717) is 29.4 Å². The van der Waals surface area contributed by atoms with Gasteiger partial charge in [-0.05, 0) is 64.1 Å². The minimum Gasteiger partial charge on any atom is -0.494 e. The third-order valence-corrected chi connectivity index (χ3v) is 5.78. The molecule has 0 spiro atoms. The maximum absolute atomic E-state index is 16.0. The Balaban J connectivity index is 1.84. The number of anilines is 2. The van der Waals surface area contributed by atoms with Crippen LogP contribution in [0, 0.1) is 18.2 Å². The van der Waals surface area contributed by atoms with Crippen LogP contribution in [0.2, 0.25) is 0 Å². The summed E-state index contributed by atoms with van der Waals surface area (Å²) in [5.41, 5.74) is 9.34. The first-order valence-corrected chi connectivity index (χ1v) is 12.2. The van der Waals surface area contributed by atoms with Crippen LogP contribution >= 0.6 is 0 Å². The molecule has 0 unspecified atom stereocenters. The van der Waals surface area contributed by atoms with Crippen LogP contribution in [0.4, 0.5) is 15.8 Å². The predicted molar refractivity (Wildman–Crippen MR) is 145 cm³/mol. The number of nitrogens with one attached hydrogen (secondary N) is 1. The molecule has 0 amide bonds. The molecule has 0 saturated carbocycles. The van der Waals surface area contributed by atoms with Crippen LogP contribution in [0.25, 0.3) is 5.69 Å². The molecule has 0 aliphatic rings. The Labute approximate surface area is 216 Å². The highest BCUT2D eigenvalue weighted by Crippen LogP contribution is 2.38. The van der Waals surface area contributed by atoms with Gasteiger partial charge in [-0.1, -0.05) is 17.7 Å². The lowest BCUT2D eigenvalue weighted by Gasteiger charge is -2.27. The van der Waals surface area contributed by atoms with E-state index < -0.39 is 5.82 Å². The zero-order chi connectivity index (χ0) is 26.5. The molecule has 4 aromatic rings. The molecule has 1 aromatic heterocycles. The van der Waals surface area contributed by atoms with Gasteiger partial charge in [-0.2, -0.15) is 0 Å². The van der Waals surface area contributed by atoms with E-state index in [1.54, 1.807) is 30.5 Å². The fourth-order valence-corrected chi connectivity index (χ4v) is 4.01. The monoisotopic (exact) mass is 501 g/mol. The van der Waals surface area contributed by atoms with E-state index in [0.717, 1.165) is 11.3 Å². The number of imidazole rings is 1. The van der Waals surface area contributed by atoms with Crippen molar-refractivity contribution in [2.75, 3.05) is 11.5 Å². The smallest absolute Gasteiger partial charge is 0.188 e. The van der Waals surface area contributed by atoms with Gasteiger partial charge in [0, 0.05) is 41.5 Å². The van der Waals surface area contributed by atoms with Crippen LogP contribution in [0.5, 0.6) is 11.5 Å². The lowest BCUT2D eigenvalue weighted by atomic mass is 10.1. The molecule has 0 aliphatic heterocycles. The number of aromatic nitrogens is 2. The molecule has 1 heterocycles. The van der Waals surface area contributed by atoms with Gasteiger partial charge in [-0.15, -0.1) is 0 Å². The summed E-state index contributed by atoms with van der Waals surface area (Å²) in [6, 6.07) is 18.5. The van der Waals surface area contributed by atoms with Crippen molar-refractivity contribution >= 4 is 17.2 Å². The highest BCUT2D eigenvalue weighted by atomic mass is 19.1. The molecule has 3 aromatic carbocycles. The summed E-state index contributed by atoms with van der Waals surface area (Å²) in [5, 5.41) is 7.73. The molecule has 3 N–H and O–H groups in total. The van der Waals surface area contributed by atoms with Crippen LogP contribution in [0.1, 0.15) is 37.7 Å². The van der Waals surface area contributed by atoms with Crippen LogP contribution in [-0.4, -0.2) is 28.1 Å². The SMILES string of the molecule is CCOc1cc(OC(C)C)c(F)c(N(Cc2nccn2-c2ccc(C)cc2)c2ccc(C(=N)N)cc2)c1. The third-order valence-electron chi connectivity index (χ3n) is 5.78. The van der Waals surface area contributed by atoms with E-state index in [-0.39, 0.29) is 29.9 Å². The fraction of sp³-hybridized carbons (Fsp3) is 0.241. The Morgan fingerprint density at radius 1 is 1.11 bits per heavy atom. The predicted octanol–water partition coefficient (Wildman–Crippen LogP) is 6.13. The van der Waals surface area contributed by atoms with Gasteiger partial charge in [-0.25, -0.2) is 9.37 Å². The van der Waals surface area contributed by atoms with E-state index in [1.165, 1.54) is 0 Å². The molecule has 7 nitrogen and oxygen atoms in total. The number of amidine groups is 1. The molecule has 0 radical (unpaired) electrons. The number of nitrogens with zero attached hydrogens (tertiary/aromatic N) is 3. The number of hydrogen-bond acceptors (Lipinski definition) is 5. The number of nitrogens with two attached hydrogens (primary N) is 1. The Morgan fingerprint density at radius 3 is 2.43 bits per heavy atom. The molecule has 0 fully saturated rings. The molecule has 0 atom stereocenters. The van der Waals surface area contributed by atoms with E-state index in [9.17, 15) is 0 Å². The van der Waals surface area contributed by atoms with Crippen molar-refractivity contribution in [3.8, 4) is 17.2 Å². The number of rotatable bonds is 10. The average molecular weight is 502 g/mol. The van der Waals surface area contributed by atoms with Gasteiger partial charge in [0.2, 0.25) is 0 Å². The van der Waals surface area contributed by atoms with Crippen LogP contribution in [0.15, 0.2) is 73.1 Å². The van der Waals surface area contributed by atoms with E-state index >= 15 is 4.39 Å². The maximum atomic E-state index is 16.0. The lowest BCUT2D eigenvalue weighted by Crippen LogP contribution is -2.21. The zero-order valence-corrected chi connectivity index (χ0v) is 21.5. The molecule has 4 rings (SSSR count). The van der Waals surface area contributed by atoms with Crippen molar-refractivity contribution < 1.29 is 13.9 Å². The Kier molecular flexibility index (Phi) is 7.77. The highest BCUT2D eigenvalue weighted by molar-refractivity contribution is 5.95. The van der Waals surface area contributed by atoms with Crippen LogP contribution < -0.4 is 20.1 Å².